The summed E-state index contributed by atoms with van der Waals surface area (Å²) in [6.07, 6.45) is 6.67. The summed E-state index contributed by atoms with van der Waals surface area (Å²) in [7, 11) is 0. The van der Waals surface area contributed by atoms with Crippen LogP contribution in [0.25, 0.3) is 11.1 Å². The van der Waals surface area contributed by atoms with Gasteiger partial charge in [-0.25, -0.2) is 19.2 Å². The lowest BCUT2D eigenvalue weighted by Crippen LogP contribution is -2.00. The summed E-state index contributed by atoms with van der Waals surface area (Å²) in [6.45, 7) is 0. The van der Waals surface area contributed by atoms with Gasteiger partial charge in [-0.05, 0) is 77.2 Å². The van der Waals surface area contributed by atoms with Crippen LogP contribution in [0.15, 0.2) is 105 Å². The standard InChI is InChI=1S/C15H8N2O3.C15H8N2O2/c18-9-16-13-5-1-3-11(7-13)15(20)12-4-2-6-14(8-12)17-10-19;18-8-16-12-1-3-14-10(6-12)5-11-7-13(17-9-19)2-4-15(11)14/h1-8H;1-4,6-7H,5H2. The van der Waals surface area contributed by atoms with Gasteiger partial charge in [-0.2, -0.15) is 20.0 Å². The van der Waals surface area contributed by atoms with Crippen LogP contribution in [0.5, 0.6) is 0 Å². The molecule has 0 saturated heterocycles. The monoisotopic (exact) mass is 512 g/mol. The molecule has 4 aromatic carbocycles. The number of ketones is 1. The highest BCUT2D eigenvalue weighted by molar-refractivity contribution is 6.09. The Morgan fingerprint density at radius 2 is 0.897 bits per heavy atom. The van der Waals surface area contributed by atoms with Gasteiger partial charge in [-0.1, -0.05) is 36.4 Å². The molecule has 9 nitrogen and oxygen atoms in total. The van der Waals surface area contributed by atoms with Crippen LogP contribution in [-0.4, -0.2) is 30.1 Å². The molecule has 0 spiro atoms. The molecule has 1 aliphatic rings. The largest absolute Gasteiger partial charge is 0.289 e. The Morgan fingerprint density at radius 3 is 1.28 bits per heavy atom. The van der Waals surface area contributed by atoms with Crippen LogP contribution < -0.4 is 0 Å². The first kappa shape index (κ1) is 26.1. The number of hydrogen-bond donors (Lipinski definition) is 0. The van der Waals surface area contributed by atoms with Crippen LogP contribution in [0.4, 0.5) is 22.7 Å². The van der Waals surface area contributed by atoms with E-state index in [4.69, 9.17) is 0 Å². The van der Waals surface area contributed by atoms with Gasteiger partial charge < -0.3 is 0 Å². The molecule has 0 fully saturated rings. The Bertz CT molecular complexity index is 1660. The van der Waals surface area contributed by atoms with Crippen molar-refractivity contribution >= 4 is 52.9 Å². The van der Waals surface area contributed by atoms with Gasteiger partial charge in [0.15, 0.2) is 5.78 Å². The number of isocyanates is 4. The molecule has 0 bridgehead atoms. The van der Waals surface area contributed by atoms with E-state index in [-0.39, 0.29) is 5.78 Å². The Kier molecular flexibility index (Phi) is 8.28. The average Bonchev–Trinajstić information content (AvgIpc) is 3.31. The highest BCUT2D eigenvalue weighted by Crippen LogP contribution is 2.39. The van der Waals surface area contributed by atoms with Crippen LogP contribution in [-0.2, 0) is 25.6 Å². The third-order valence-electron chi connectivity index (χ3n) is 5.76. The van der Waals surface area contributed by atoms with Crippen molar-refractivity contribution in [1.82, 2.24) is 0 Å². The SMILES string of the molecule is O=C=Nc1ccc2c(c1)Cc1cc(N=C=O)ccc1-2.O=C=Nc1cccc(C(=O)c2cccc(N=C=O)c2)c1. The summed E-state index contributed by atoms with van der Waals surface area (Å²) in [4.78, 5) is 67.4. The summed E-state index contributed by atoms with van der Waals surface area (Å²) in [6, 6.07) is 23.9. The van der Waals surface area contributed by atoms with Crippen molar-refractivity contribution < 1.29 is 24.0 Å². The maximum absolute atomic E-state index is 12.3. The third-order valence-corrected chi connectivity index (χ3v) is 5.76. The minimum atomic E-state index is -0.254. The first-order valence-corrected chi connectivity index (χ1v) is 11.4. The van der Waals surface area contributed by atoms with Crippen molar-refractivity contribution in [3.05, 3.63) is 107 Å². The molecule has 39 heavy (non-hydrogen) atoms. The smallest absolute Gasteiger partial charge is 0.240 e. The van der Waals surface area contributed by atoms with E-state index in [1.165, 1.54) is 36.5 Å². The van der Waals surface area contributed by atoms with Crippen molar-refractivity contribution in [3.63, 3.8) is 0 Å². The average molecular weight is 512 g/mol. The summed E-state index contributed by atoms with van der Waals surface area (Å²) in [5, 5.41) is 0. The molecule has 0 radical (unpaired) electrons. The second-order valence-electron chi connectivity index (χ2n) is 8.10. The van der Waals surface area contributed by atoms with E-state index >= 15 is 0 Å². The molecule has 4 aromatic rings. The molecular formula is C30H16N4O5. The van der Waals surface area contributed by atoms with Gasteiger partial charge in [0.2, 0.25) is 24.3 Å². The Labute approximate surface area is 221 Å². The Balaban J connectivity index is 0.000000181. The van der Waals surface area contributed by atoms with Crippen molar-refractivity contribution in [1.29, 1.82) is 0 Å². The van der Waals surface area contributed by atoms with Crippen molar-refractivity contribution in [2.24, 2.45) is 20.0 Å². The maximum Gasteiger partial charge on any atom is 0.240 e. The van der Waals surface area contributed by atoms with E-state index in [9.17, 15) is 24.0 Å². The van der Waals surface area contributed by atoms with E-state index in [0.29, 0.717) is 33.9 Å². The first-order valence-electron chi connectivity index (χ1n) is 11.4. The van der Waals surface area contributed by atoms with Gasteiger partial charge in [0.05, 0.1) is 22.7 Å². The molecule has 0 amide bonds. The lowest BCUT2D eigenvalue weighted by atomic mass is 10.0. The quantitative estimate of drug-likeness (QED) is 0.155. The van der Waals surface area contributed by atoms with Crippen molar-refractivity contribution in [2.75, 3.05) is 0 Å². The van der Waals surface area contributed by atoms with Gasteiger partial charge in [-0.15, -0.1) is 0 Å². The lowest BCUT2D eigenvalue weighted by Gasteiger charge is -2.02. The van der Waals surface area contributed by atoms with E-state index in [2.05, 4.69) is 20.0 Å². The molecule has 0 heterocycles. The van der Waals surface area contributed by atoms with Gasteiger partial charge in [0, 0.05) is 11.1 Å². The minimum absolute atomic E-state index is 0.254. The zero-order valence-corrected chi connectivity index (χ0v) is 20.1. The number of benzene rings is 4. The molecule has 186 valence electrons. The van der Waals surface area contributed by atoms with E-state index in [0.717, 1.165) is 28.7 Å². The molecular weight excluding hydrogens is 496 g/mol. The molecule has 1 aliphatic carbocycles. The number of carbonyl (C=O) groups is 1. The first-order chi connectivity index (χ1) is 19.1. The van der Waals surface area contributed by atoms with E-state index < -0.39 is 0 Å². The molecule has 0 aliphatic heterocycles. The van der Waals surface area contributed by atoms with Crippen LogP contribution in [0, 0.1) is 0 Å². The number of aliphatic imine (C=N–C) groups is 4. The number of carbonyl (C=O) groups excluding carboxylic acids is 5. The molecule has 5 rings (SSSR count). The van der Waals surface area contributed by atoms with Gasteiger partial charge in [0.25, 0.3) is 0 Å². The number of nitrogens with zero attached hydrogens (tertiary/aromatic N) is 4. The fourth-order valence-electron chi connectivity index (χ4n) is 4.13. The predicted octanol–water partition coefficient (Wildman–Crippen LogP) is 6.04. The molecule has 0 aromatic heterocycles. The van der Waals surface area contributed by atoms with Gasteiger partial charge in [0.1, 0.15) is 0 Å². The summed E-state index contributed by atoms with van der Waals surface area (Å²) in [5.41, 5.74) is 7.16. The molecule has 0 atom stereocenters. The van der Waals surface area contributed by atoms with Crippen LogP contribution in [0.1, 0.15) is 27.0 Å². The van der Waals surface area contributed by atoms with Gasteiger partial charge in [-0.3, -0.25) is 4.79 Å². The van der Waals surface area contributed by atoms with Crippen LogP contribution in [0.3, 0.4) is 0 Å². The highest BCUT2D eigenvalue weighted by atomic mass is 16.1. The second kappa shape index (κ2) is 12.3. The maximum atomic E-state index is 12.3. The molecule has 0 N–H and O–H groups in total. The zero-order chi connectivity index (χ0) is 27.6. The lowest BCUT2D eigenvalue weighted by molar-refractivity contribution is 0.103. The van der Waals surface area contributed by atoms with Crippen LogP contribution >= 0.6 is 0 Å². The highest BCUT2D eigenvalue weighted by Gasteiger charge is 2.19. The Hall–Kier alpha value is -5.93. The summed E-state index contributed by atoms with van der Waals surface area (Å²) in [5.74, 6) is -0.254. The van der Waals surface area contributed by atoms with E-state index in [1.807, 2.05) is 24.3 Å². The summed E-state index contributed by atoms with van der Waals surface area (Å²) < 4.78 is 0. The minimum Gasteiger partial charge on any atom is -0.289 e. The third kappa shape index (κ3) is 6.26. The topological polar surface area (TPSA) is 135 Å². The predicted molar refractivity (Wildman–Crippen MR) is 142 cm³/mol. The number of fused-ring (bicyclic) bond motifs is 3. The molecule has 0 saturated carbocycles. The van der Waals surface area contributed by atoms with Crippen LogP contribution in [0.2, 0.25) is 0 Å². The molecule has 9 heteroatoms. The fraction of sp³-hybridized carbons (Fsp3) is 0.0333. The number of rotatable bonds is 6. The number of hydrogen-bond acceptors (Lipinski definition) is 9. The summed E-state index contributed by atoms with van der Waals surface area (Å²) >= 11 is 0. The normalized spacial score (nSPS) is 10.1. The zero-order valence-electron chi connectivity index (χ0n) is 20.1. The second-order valence-corrected chi connectivity index (χ2v) is 8.10. The van der Waals surface area contributed by atoms with Crippen molar-refractivity contribution in [2.45, 2.75) is 6.42 Å². The van der Waals surface area contributed by atoms with Gasteiger partial charge >= 0.3 is 0 Å². The van der Waals surface area contributed by atoms with Crippen molar-refractivity contribution in [3.8, 4) is 11.1 Å². The van der Waals surface area contributed by atoms with E-state index in [1.54, 1.807) is 48.5 Å². The fourth-order valence-corrected chi connectivity index (χ4v) is 4.13. The molecule has 0 unspecified atom stereocenters. The Morgan fingerprint density at radius 1 is 0.513 bits per heavy atom.